The minimum absolute atomic E-state index is 0.0377. The molecule has 6 aromatic rings. The number of carbonyl (C=O) groups is 2. The molecule has 0 N–H and O–H groups in total. The number of carbonyl (C=O) groups excluding carboxylic acids is 2. The number of pyridine rings is 2. The van der Waals surface area contributed by atoms with Crippen LogP contribution in [0.25, 0.3) is 21.8 Å². The predicted octanol–water partition coefficient (Wildman–Crippen LogP) is 10.1. The van der Waals surface area contributed by atoms with Crippen LogP contribution in [0.1, 0.15) is 108 Å². The van der Waals surface area contributed by atoms with E-state index in [2.05, 4.69) is 23.6 Å². The molecule has 10 atom stereocenters. The van der Waals surface area contributed by atoms with Gasteiger partial charge in [-0.15, -0.1) is 0 Å². The number of piperidine rings is 6. The molecule has 6 fully saturated rings. The zero-order valence-electron chi connectivity index (χ0n) is 37.2. The van der Waals surface area contributed by atoms with Gasteiger partial charge in [0.15, 0.2) is 11.6 Å². The van der Waals surface area contributed by atoms with Gasteiger partial charge in [0, 0.05) is 58.5 Å². The zero-order valence-corrected chi connectivity index (χ0v) is 37.2. The van der Waals surface area contributed by atoms with E-state index in [1.165, 1.54) is 0 Å². The van der Waals surface area contributed by atoms with Crippen LogP contribution in [0.2, 0.25) is 0 Å². The number of fused-ring (bicyclic) bond motifs is 10. The summed E-state index contributed by atoms with van der Waals surface area (Å²) in [6.07, 6.45) is 9.30. The van der Waals surface area contributed by atoms with Crippen LogP contribution in [-0.4, -0.2) is 83.8 Å². The number of benzene rings is 4. The molecule has 2 aromatic heterocycles. The van der Waals surface area contributed by atoms with Crippen molar-refractivity contribution in [3.63, 3.8) is 0 Å². The van der Waals surface area contributed by atoms with Crippen LogP contribution >= 0.6 is 0 Å². The molecule has 6 aliphatic heterocycles. The first-order valence-corrected chi connectivity index (χ1v) is 23.4. The molecule has 0 spiro atoms. The summed E-state index contributed by atoms with van der Waals surface area (Å²) in [7, 11) is 3.35. The van der Waals surface area contributed by atoms with E-state index in [0.717, 1.165) is 109 Å². The summed E-state index contributed by atoms with van der Waals surface area (Å²) in [5, 5.41) is 1.88. The normalized spacial score (nSPS) is 26.6. The van der Waals surface area contributed by atoms with Crippen LogP contribution in [-0.2, 0) is 0 Å². The summed E-state index contributed by atoms with van der Waals surface area (Å²) in [4.78, 5) is 45.0. The number of hydrogen-bond acceptors (Lipinski definition) is 10. The van der Waals surface area contributed by atoms with Gasteiger partial charge in [0.1, 0.15) is 35.2 Å². The summed E-state index contributed by atoms with van der Waals surface area (Å²) in [6.45, 7) is 8.58. The maximum atomic E-state index is 15.1. The minimum Gasteiger partial charge on any atom is -0.497 e. The minimum atomic E-state index is -0.475. The smallest absolute Gasteiger partial charge is 0.198 e. The Morgan fingerprint density at radius 2 is 1.06 bits per heavy atom. The molecule has 10 heteroatoms. The van der Waals surface area contributed by atoms with Gasteiger partial charge < -0.3 is 18.9 Å². The van der Waals surface area contributed by atoms with Crippen molar-refractivity contribution in [2.24, 2.45) is 23.7 Å². The van der Waals surface area contributed by atoms with E-state index in [4.69, 9.17) is 28.9 Å². The molecule has 64 heavy (non-hydrogen) atoms. The molecule has 328 valence electrons. The molecular formula is C54H56N4O6. The standard InChI is InChI=1S/C54H56N4O6/c1-5-31-29-57-23-19-33(31)25-45(57)53(39-17-21-55-43-13-11-35(61-3)27-41(39)43)63-47-15-16-48(50-49(47)51(59)37-9-7-8-10-38(37)52(50)60)64-54(46-26-34-20-24-58(46)30-32(34)6-2)40-18-22-56-44-14-12-36(62-4)28-42(40)44/h7-18,21-22,27-28,31-34,45-46,53-54H,5-6,19-20,23-26,29-30H2,1-4H3/t31-,32-,33-,34+,45?,46?,53+,54-/m0/s1. The van der Waals surface area contributed by atoms with Crippen molar-refractivity contribution in [2.45, 2.75) is 76.7 Å². The third-order valence-corrected chi connectivity index (χ3v) is 15.7. The summed E-state index contributed by atoms with van der Waals surface area (Å²) in [6, 6.07) is 27.0. The highest BCUT2D eigenvalue weighted by molar-refractivity contribution is 6.30. The van der Waals surface area contributed by atoms with E-state index in [9.17, 15) is 0 Å². The Hall–Kier alpha value is -5.84. The van der Waals surface area contributed by atoms with Crippen molar-refractivity contribution < 1.29 is 28.5 Å². The van der Waals surface area contributed by atoms with Gasteiger partial charge >= 0.3 is 0 Å². The van der Waals surface area contributed by atoms with E-state index in [-0.39, 0.29) is 34.8 Å². The number of hydrogen-bond donors (Lipinski definition) is 0. The lowest BCUT2D eigenvalue weighted by molar-refractivity contribution is -0.0493. The van der Waals surface area contributed by atoms with Crippen LogP contribution in [0.4, 0.5) is 0 Å². The van der Waals surface area contributed by atoms with Gasteiger partial charge in [-0.25, -0.2) is 0 Å². The fourth-order valence-electron chi connectivity index (χ4n) is 12.3. The third-order valence-electron chi connectivity index (χ3n) is 15.7. The van der Waals surface area contributed by atoms with Crippen LogP contribution in [0.3, 0.4) is 0 Å². The monoisotopic (exact) mass is 856 g/mol. The SMILES string of the molecule is CC[C@H]1CN2CC[C@H]1CC2[C@H](Oc1ccc(O[C@@H](c2ccnc3ccc(OC)cc23)C2C[C@H]3CCN2C[C@@H]3CC)c2c1C(=O)c1ccccc1C2=O)c1ccnc2ccc(OC)cc12. The van der Waals surface area contributed by atoms with Gasteiger partial charge in [0.2, 0.25) is 0 Å². The van der Waals surface area contributed by atoms with Crippen molar-refractivity contribution in [2.75, 3.05) is 40.4 Å². The predicted molar refractivity (Wildman–Crippen MR) is 247 cm³/mol. The Balaban J connectivity index is 1.07. The van der Waals surface area contributed by atoms with Crippen molar-refractivity contribution in [1.82, 2.24) is 19.8 Å². The molecule has 6 saturated heterocycles. The van der Waals surface area contributed by atoms with Crippen LogP contribution in [0.15, 0.2) is 97.3 Å². The van der Waals surface area contributed by atoms with E-state index in [1.807, 2.05) is 85.2 Å². The molecule has 4 bridgehead atoms. The summed E-state index contributed by atoms with van der Waals surface area (Å²) in [5.74, 6) is 4.15. The molecule has 0 amide bonds. The summed E-state index contributed by atoms with van der Waals surface area (Å²) in [5.41, 5.74) is 4.87. The van der Waals surface area contributed by atoms with Crippen molar-refractivity contribution in [3.8, 4) is 23.0 Å². The molecule has 1 aliphatic carbocycles. The fourth-order valence-corrected chi connectivity index (χ4v) is 12.3. The molecule has 7 aliphatic rings. The zero-order chi connectivity index (χ0) is 43.6. The van der Waals surface area contributed by atoms with E-state index in [0.29, 0.717) is 46.3 Å². The van der Waals surface area contributed by atoms with Crippen LogP contribution < -0.4 is 18.9 Å². The number of rotatable bonds is 12. The fraction of sp³-hybridized carbons (Fsp3) is 0.407. The molecule has 0 radical (unpaired) electrons. The van der Waals surface area contributed by atoms with Crippen LogP contribution in [0.5, 0.6) is 23.0 Å². The molecule has 0 saturated carbocycles. The second-order valence-corrected chi connectivity index (χ2v) is 18.7. The Labute approximate surface area is 374 Å². The highest BCUT2D eigenvalue weighted by Crippen LogP contribution is 2.49. The highest BCUT2D eigenvalue weighted by Gasteiger charge is 2.47. The molecule has 8 heterocycles. The lowest BCUT2D eigenvalue weighted by Gasteiger charge is -2.52. The second-order valence-electron chi connectivity index (χ2n) is 18.7. The van der Waals surface area contributed by atoms with E-state index in [1.54, 1.807) is 26.4 Å². The largest absolute Gasteiger partial charge is 0.497 e. The Morgan fingerprint density at radius 3 is 1.45 bits per heavy atom. The van der Waals surface area contributed by atoms with Crippen molar-refractivity contribution >= 4 is 33.4 Å². The number of ether oxygens (including phenoxy) is 4. The molecule has 4 unspecified atom stereocenters. The Bertz CT molecular complexity index is 2600. The molecule has 4 aromatic carbocycles. The number of ketones is 2. The summed E-state index contributed by atoms with van der Waals surface area (Å²) >= 11 is 0. The van der Waals surface area contributed by atoms with Gasteiger partial charge in [-0.05, 0) is 123 Å². The topological polar surface area (TPSA) is 103 Å². The Morgan fingerprint density at radius 1 is 0.609 bits per heavy atom. The van der Waals surface area contributed by atoms with Gasteiger partial charge in [0.25, 0.3) is 0 Å². The second kappa shape index (κ2) is 16.6. The number of methoxy groups -OCH3 is 2. The maximum absolute atomic E-state index is 15.1. The molecule has 10 nitrogen and oxygen atoms in total. The lowest BCUT2D eigenvalue weighted by Crippen LogP contribution is -2.56. The molecule has 13 rings (SSSR count). The first-order chi connectivity index (χ1) is 31.3. The quantitative estimate of drug-likeness (QED) is 0.118. The van der Waals surface area contributed by atoms with Gasteiger partial charge in [0.05, 0.1) is 48.5 Å². The lowest BCUT2D eigenvalue weighted by atomic mass is 9.72. The first kappa shape index (κ1) is 40.9. The molecular weight excluding hydrogens is 801 g/mol. The van der Waals surface area contributed by atoms with Gasteiger partial charge in [-0.3, -0.25) is 29.4 Å². The maximum Gasteiger partial charge on any atom is 0.198 e. The van der Waals surface area contributed by atoms with E-state index < -0.39 is 12.2 Å². The highest BCUT2D eigenvalue weighted by atomic mass is 16.5. The van der Waals surface area contributed by atoms with E-state index >= 15 is 9.59 Å². The van der Waals surface area contributed by atoms with Gasteiger partial charge in [-0.2, -0.15) is 0 Å². The van der Waals surface area contributed by atoms with Crippen LogP contribution in [0, 0.1) is 23.7 Å². The Kier molecular flexibility index (Phi) is 10.6. The summed E-state index contributed by atoms with van der Waals surface area (Å²) < 4.78 is 26.3. The average Bonchev–Trinajstić information content (AvgIpc) is 3.36. The average molecular weight is 857 g/mol. The number of aromatic nitrogens is 2. The van der Waals surface area contributed by atoms with Crippen molar-refractivity contribution in [3.05, 3.63) is 131 Å². The number of nitrogens with zero attached hydrogens (tertiary/aromatic N) is 4. The third kappa shape index (κ3) is 6.83. The first-order valence-electron chi connectivity index (χ1n) is 23.4. The van der Waals surface area contributed by atoms with Gasteiger partial charge in [-0.1, -0.05) is 51.0 Å². The van der Waals surface area contributed by atoms with Crippen molar-refractivity contribution in [1.29, 1.82) is 0 Å².